The molecule has 0 aliphatic heterocycles. The highest BCUT2D eigenvalue weighted by Crippen LogP contribution is 2.54. The number of hydrogen-bond donors (Lipinski definition) is 2. The lowest BCUT2D eigenvalue weighted by atomic mass is 9.97. The van der Waals surface area contributed by atoms with Gasteiger partial charge in [0.2, 0.25) is 0 Å². The molecule has 3 N–H and O–H groups in total. The van der Waals surface area contributed by atoms with E-state index in [1.807, 2.05) is 19.1 Å². The predicted octanol–water partition coefficient (Wildman–Crippen LogP) is 1.36. The van der Waals surface area contributed by atoms with Crippen molar-refractivity contribution in [2.75, 3.05) is 6.54 Å². The Balaban J connectivity index is 2.17. The van der Waals surface area contributed by atoms with Crippen molar-refractivity contribution in [1.82, 2.24) is 0 Å². The zero-order valence-corrected chi connectivity index (χ0v) is 7.79. The molecule has 1 heterocycles. The lowest BCUT2D eigenvalue weighted by Gasteiger charge is -2.17. The fourth-order valence-corrected chi connectivity index (χ4v) is 1.65. The maximum Gasteiger partial charge on any atom is 0.133 e. The van der Waals surface area contributed by atoms with Crippen LogP contribution in [0.3, 0.4) is 0 Å². The molecular weight excluding hydrogens is 166 g/mol. The second-order valence-electron chi connectivity index (χ2n) is 3.92. The standard InChI is InChI=1S/C10H15NO2/c1-7-2-3-8(13-7)9(12)10(6-11)4-5-10/h2-3,9,12H,4-6,11H2,1H3. The largest absolute Gasteiger partial charge is 0.464 e. The van der Waals surface area contributed by atoms with E-state index in [9.17, 15) is 5.11 Å². The van der Waals surface area contributed by atoms with Crippen molar-refractivity contribution in [2.24, 2.45) is 11.1 Å². The molecule has 1 fully saturated rings. The summed E-state index contributed by atoms with van der Waals surface area (Å²) in [4.78, 5) is 0. The van der Waals surface area contributed by atoms with Crippen LogP contribution in [-0.4, -0.2) is 11.7 Å². The van der Waals surface area contributed by atoms with Crippen molar-refractivity contribution in [3.8, 4) is 0 Å². The minimum Gasteiger partial charge on any atom is -0.464 e. The summed E-state index contributed by atoms with van der Waals surface area (Å²) >= 11 is 0. The highest BCUT2D eigenvalue weighted by molar-refractivity contribution is 5.14. The molecule has 1 atom stereocenters. The molecule has 2 rings (SSSR count). The van der Waals surface area contributed by atoms with Crippen LogP contribution in [-0.2, 0) is 0 Å². The van der Waals surface area contributed by atoms with E-state index >= 15 is 0 Å². The number of rotatable bonds is 3. The summed E-state index contributed by atoms with van der Waals surface area (Å²) in [6.07, 6.45) is 1.49. The molecule has 1 aromatic heterocycles. The van der Waals surface area contributed by atoms with E-state index in [1.54, 1.807) is 0 Å². The zero-order valence-electron chi connectivity index (χ0n) is 7.79. The van der Waals surface area contributed by atoms with Crippen LogP contribution in [0.2, 0.25) is 0 Å². The van der Waals surface area contributed by atoms with Crippen molar-refractivity contribution in [3.63, 3.8) is 0 Å². The number of hydrogen-bond acceptors (Lipinski definition) is 3. The highest BCUT2D eigenvalue weighted by atomic mass is 16.4. The molecule has 0 radical (unpaired) electrons. The van der Waals surface area contributed by atoms with E-state index in [1.165, 1.54) is 0 Å². The summed E-state index contributed by atoms with van der Waals surface area (Å²) in [6.45, 7) is 2.41. The summed E-state index contributed by atoms with van der Waals surface area (Å²) in [6, 6.07) is 3.70. The smallest absolute Gasteiger partial charge is 0.133 e. The van der Waals surface area contributed by atoms with E-state index in [0.717, 1.165) is 18.6 Å². The normalized spacial score (nSPS) is 21.5. The first-order chi connectivity index (χ1) is 6.18. The van der Waals surface area contributed by atoms with Gasteiger partial charge in [-0.1, -0.05) is 0 Å². The van der Waals surface area contributed by atoms with Gasteiger partial charge in [-0.3, -0.25) is 0 Å². The molecule has 3 heteroatoms. The molecule has 13 heavy (non-hydrogen) atoms. The minimum absolute atomic E-state index is 0.0930. The topological polar surface area (TPSA) is 59.4 Å². The van der Waals surface area contributed by atoms with E-state index in [4.69, 9.17) is 10.2 Å². The third-order valence-corrected chi connectivity index (χ3v) is 2.91. The van der Waals surface area contributed by atoms with Gasteiger partial charge >= 0.3 is 0 Å². The number of aliphatic hydroxyl groups excluding tert-OH is 1. The molecule has 0 aromatic carbocycles. The second kappa shape index (κ2) is 2.86. The van der Waals surface area contributed by atoms with Gasteiger partial charge in [-0.2, -0.15) is 0 Å². The molecule has 1 unspecified atom stereocenters. The molecule has 72 valence electrons. The summed E-state index contributed by atoms with van der Waals surface area (Å²) in [7, 11) is 0. The van der Waals surface area contributed by atoms with Gasteiger partial charge in [0.1, 0.15) is 17.6 Å². The molecule has 3 nitrogen and oxygen atoms in total. The average Bonchev–Trinajstić information content (AvgIpc) is 2.82. The molecule has 1 aliphatic carbocycles. The second-order valence-corrected chi connectivity index (χ2v) is 3.92. The molecular formula is C10H15NO2. The number of furan rings is 1. The average molecular weight is 181 g/mol. The maximum atomic E-state index is 9.95. The van der Waals surface area contributed by atoms with Crippen molar-refractivity contribution in [2.45, 2.75) is 25.9 Å². The van der Waals surface area contributed by atoms with E-state index in [0.29, 0.717) is 12.3 Å². The van der Waals surface area contributed by atoms with E-state index in [-0.39, 0.29) is 5.41 Å². The fraction of sp³-hybridized carbons (Fsp3) is 0.600. The number of aliphatic hydroxyl groups is 1. The highest BCUT2D eigenvalue weighted by Gasteiger charge is 2.49. The Labute approximate surface area is 77.5 Å². The third-order valence-electron chi connectivity index (χ3n) is 2.91. The van der Waals surface area contributed by atoms with Crippen molar-refractivity contribution in [1.29, 1.82) is 0 Å². The van der Waals surface area contributed by atoms with E-state index < -0.39 is 6.10 Å². The predicted molar refractivity (Wildman–Crippen MR) is 49.1 cm³/mol. The van der Waals surface area contributed by atoms with Crippen LogP contribution in [0.5, 0.6) is 0 Å². The molecule has 1 aliphatic rings. The number of aryl methyl sites for hydroxylation is 1. The Morgan fingerprint density at radius 3 is 2.69 bits per heavy atom. The molecule has 0 saturated heterocycles. The summed E-state index contributed by atoms with van der Waals surface area (Å²) in [5.41, 5.74) is 5.52. The summed E-state index contributed by atoms with van der Waals surface area (Å²) in [5.74, 6) is 1.49. The lowest BCUT2D eigenvalue weighted by molar-refractivity contribution is 0.0748. The lowest BCUT2D eigenvalue weighted by Crippen LogP contribution is -2.23. The minimum atomic E-state index is -0.522. The number of nitrogens with two attached hydrogens (primary N) is 1. The fourth-order valence-electron chi connectivity index (χ4n) is 1.65. The van der Waals surface area contributed by atoms with Crippen molar-refractivity contribution in [3.05, 3.63) is 23.7 Å². The van der Waals surface area contributed by atoms with E-state index in [2.05, 4.69) is 0 Å². The maximum absolute atomic E-state index is 9.95. The molecule has 1 saturated carbocycles. The SMILES string of the molecule is Cc1ccc(C(O)C2(CN)CC2)o1. The van der Waals surface area contributed by atoms with Gasteiger partial charge in [0.15, 0.2) is 0 Å². The van der Waals surface area contributed by atoms with Crippen LogP contribution in [0, 0.1) is 12.3 Å². The van der Waals surface area contributed by atoms with Crippen LogP contribution in [0.25, 0.3) is 0 Å². The van der Waals surface area contributed by atoms with Gasteiger partial charge in [0.05, 0.1) is 0 Å². The zero-order chi connectivity index (χ0) is 9.47. The van der Waals surface area contributed by atoms with Gasteiger partial charge in [0, 0.05) is 12.0 Å². The van der Waals surface area contributed by atoms with Crippen LogP contribution in [0.15, 0.2) is 16.5 Å². The Bertz CT molecular complexity index is 302. The Kier molecular flexibility index (Phi) is 1.93. The van der Waals surface area contributed by atoms with Gasteiger partial charge in [0.25, 0.3) is 0 Å². The Hall–Kier alpha value is -0.800. The quantitative estimate of drug-likeness (QED) is 0.740. The van der Waals surface area contributed by atoms with Gasteiger partial charge < -0.3 is 15.3 Å². The van der Waals surface area contributed by atoms with Crippen LogP contribution in [0.1, 0.15) is 30.5 Å². The molecule has 1 aromatic rings. The summed E-state index contributed by atoms with van der Waals surface area (Å²) < 4.78 is 5.37. The van der Waals surface area contributed by atoms with Crippen molar-refractivity contribution >= 4 is 0 Å². The van der Waals surface area contributed by atoms with Crippen LogP contribution >= 0.6 is 0 Å². The van der Waals surface area contributed by atoms with Crippen LogP contribution in [0.4, 0.5) is 0 Å². The Morgan fingerprint density at radius 1 is 1.62 bits per heavy atom. The first kappa shape index (κ1) is 8.78. The van der Waals surface area contributed by atoms with Gasteiger partial charge in [-0.05, 0) is 31.9 Å². The van der Waals surface area contributed by atoms with Gasteiger partial charge in [-0.25, -0.2) is 0 Å². The molecule has 0 bridgehead atoms. The van der Waals surface area contributed by atoms with Gasteiger partial charge in [-0.15, -0.1) is 0 Å². The van der Waals surface area contributed by atoms with Crippen LogP contribution < -0.4 is 5.73 Å². The Morgan fingerprint density at radius 2 is 2.31 bits per heavy atom. The summed E-state index contributed by atoms with van der Waals surface area (Å²) in [5, 5.41) is 9.95. The molecule has 0 amide bonds. The monoisotopic (exact) mass is 181 g/mol. The molecule has 0 spiro atoms. The first-order valence-corrected chi connectivity index (χ1v) is 4.62. The van der Waals surface area contributed by atoms with Crippen molar-refractivity contribution < 1.29 is 9.52 Å². The third kappa shape index (κ3) is 1.38. The first-order valence-electron chi connectivity index (χ1n) is 4.62.